The van der Waals surface area contributed by atoms with E-state index in [4.69, 9.17) is 28.4 Å². The highest BCUT2D eigenvalue weighted by molar-refractivity contribution is 5.96. The molecule has 12 heteroatoms. The molecule has 4 heterocycles. The Morgan fingerprint density at radius 2 is 1.65 bits per heavy atom. The van der Waals surface area contributed by atoms with Crippen LogP contribution in [0.25, 0.3) is 21.9 Å². The van der Waals surface area contributed by atoms with E-state index >= 15 is 0 Å². The Kier molecular flexibility index (Phi) is 12.8. The predicted molar refractivity (Wildman–Crippen MR) is 260 cm³/mol. The summed E-state index contributed by atoms with van der Waals surface area (Å²) in [6.07, 6.45) is 6.14. The smallest absolute Gasteiger partial charge is 0.149 e. The molecule has 2 bridgehead atoms. The molecule has 0 amide bonds. The van der Waals surface area contributed by atoms with E-state index in [1.54, 1.807) is 49.6 Å². The lowest BCUT2D eigenvalue weighted by atomic mass is 9.66. The van der Waals surface area contributed by atoms with Crippen molar-refractivity contribution in [2.24, 2.45) is 17.8 Å². The van der Waals surface area contributed by atoms with Gasteiger partial charge in [-0.05, 0) is 148 Å². The number of aliphatic hydroxyl groups is 2. The third-order valence-corrected chi connectivity index (χ3v) is 15.9. The summed E-state index contributed by atoms with van der Waals surface area (Å²) in [5.41, 5.74) is 4.13. The van der Waals surface area contributed by atoms with Gasteiger partial charge in [0.25, 0.3) is 0 Å². The summed E-state index contributed by atoms with van der Waals surface area (Å²) in [6, 6.07) is 23.5. The van der Waals surface area contributed by atoms with Crippen LogP contribution in [0.15, 0.2) is 78.9 Å². The molecule has 1 spiro atoms. The molecule has 1 saturated heterocycles. The first-order valence-corrected chi connectivity index (χ1v) is 25.1. The van der Waals surface area contributed by atoms with Crippen LogP contribution in [0, 0.1) is 29.6 Å². The normalized spacial score (nSPS) is 28.5. The number of phenolic OH excluding ortho intramolecular Hbond substituents is 3. The lowest BCUT2D eigenvalue weighted by Gasteiger charge is -2.54. The lowest BCUT2D eigenvalue weighted by Crippen LogP contribution is -2.65. The quantitative estimate of drug-likeness (QED) is 0.0581. The van der Waals surface area contributed by atoms with Crippen molar-refractivity contribution in [2.75, 3.05) is 33.5 Å². The van der Waals surface area contributed by atoms with Crippen molar-refractivity contribution in [1.29, 1.82) is 0 Å². The molecule has 3 fully saturated rings. The van der Waals surface area contributed by atoms with E-state index < -0.39 is 47.9 Å². The van der Waals surface area contributed by atoms with Gasteiger partial charge >= 0.3 is 0 Å². The zero-order valence-corrected chi connectivity index (χ0v) is 39.2. The summed E-state index contributed by atoms with van der Waals surface area (Å²) >= 11 is 0. The first-order chi connectivity index (χ1) is 33.7. The molecule has 0 unspecified atom stereocenters. The molecular formula is C57H63NO11. The number of piperidine rings is 1. The van der Waals surface area contributed by atoms with Crippen LogP contribution in [0.5, 0.6) is 40.2 Å². The molecule has 2 saturated carbocycles. The Morgan fingerprint density at radius 1 is 0.812 bits per heavy atom. The van der Waals surface area contributed by atoms with Gasteiger partial charge in [-0.1, -0.05) is 30.0 Å². The molecule has 5 aromatic carbocycles. The second-order valence-corrected chi connectivity index (χ2v) is 20.2. The number of aromatic hydroxyl groups is 3. The first kappa shape index (κ1) is 45.7. The minimum absolute atomic E-state index is 0.0447. The van der Waals surface area contributed by atoms with Crippen LogP contribution in [0.2, 0.25) is 0 Å². The molecule has 11 rings (SSSR count). The van der Waals surface area contributed by atoms with E-state index in [1.807, 2.05) is 36.4 Å². The highest BCUT2D eigenvalue weighted by atomic mass is 16.5. The van der Waals surface area contributed by atoms with Gasteiger partial charge in [0.05, 0.1) is 42.7 Å². The fourth-order valence-corrected chi connectivity index (χ4v) is 12.6. The van der Waals surface area contributed by atoms with Crippen LogP contribution in [0.1, 0.15) is 105 Å². The number of hydrogen-bond acceptors (Lipinski definition) is 12. The Morgan fingerprint density at radius 3 is 2.51 bits per heavy atom. The van der Waals surface area contributed by atoms with Crippen molar-refractivity contribution in [3.63, 3.8) is 0 Å². The lowest BCUT2D eigenvalue weighted by molar-refractivity contribution is -0.175. The number of fused-ring (bicyclic) bond motifs is 5. The maximum absolute atomic E-state index is 13.2. The van der Waals surface area contributed by atoms with Gasteiger partial charge in [0.2, 0.25) is 0 Å². The van der Waals surface area contributed by atoms with Crippen LogP contribution in [-0.2, 0) is 15.9 Å². The third-order valence-electron chi connectivity index (χ3n) is 15.9. The molecular weight excluding hydrogens is 875 g/mol. The molecule has 0 radical (unpaired) electrons. The number of rotatable bonds is 10. The zero-order chi connectivity index (χ0) is 47.2. The number of nitrogens with one attached hydrogen (secondary N) is 1. The van der Waals surface area contributed by atoms with Crippen molar-refractivity contribution in [3.05, 3.63) is 101 Å². The van der Waals surface area contributed by atoms with Crippen molar-refractivity contribution >= 4 is 10.8 Å². The monoisotopic (exact) mass is 937 g/mol. The minimum Gasteiger partial charge on any atom is -0.508 e. The fraction of sp³-hybridized carbons (Fsp3) is 0.474. The number of aliphatic hydroxyl groups excluding tert-OH is 2. The largest absolute Gasteiger partial charge is 0.508 e. The minimum atomic E-state index is -1.05. The zero-order valence-electron chi connectivity index (χ0n) is 39.2. The van der Waals surface area contributed by atoms with Gasteiger partial charge < -0.3 is 59.3 Å². The van der Waals surface area contributed by atoms with Crippen LogP contribution in [-0.4, -0.2) is 89.0 Å². The molecule has 2 aliphatic carbocycles. The van der Waals surface area contributed by atoms with E-state index in [-0.39, 0.29) is 42.5 Å². The molecule has 4 aliphatic heterocycles. The Balaban J connectivity index is 1.05. The number of methoxy groups -OCH3 is 1. The maximum Gasteiger partial charge on any atom is 0.149 e. The van der Waals surface area contributed by atoms with Crippen molar-refractivity contribution in [2.45, 2.75) is 119 Å². The van der Waals surface area contributed by atoms with Crippen LogP contribution in [0.3, 0.4) is 0 Å². The summed E-state index contributed by atoms with van der Waals surface area (Å²) in [6.45, 7) is 1.61. The molecule has 0 aromatic heterocycles. The van der Waals surface area contributed by atoms with Crippen LogP contribution in [0.4, 0.5) is 0 Å². The molecule has 6 N–H and O–H groups in total. The molecule has 69 heavy (non-hydrogen) atoms. The molecule has 9 atom stereocenters. The van der Waals surface area contributed by atoms with Gasteiger partial charge in [-0.3, -0.25) is 0 Å². The van der Waals surface area contributed by atoms with Crippen molar-refractivity contribution in [1.82, 2.24) is 5.32 Å². The van der Waals surface area contributed by atoms with Gasteiger partial charge in [-0.2, -0.15) is 0 Å². The molecule has 5 aromatic rings. The third kappa shape index (κ3) is 8.82. The van der Waals surface area contributed by atoms with E-state index in [2.05, 4.69) is 17.2 Å². The Labute approximate surface area is 403 Å². The van der Waals surface area contributed by atoms with Crippen molar-refractivity contribution in [3.8, 4) is 63.2 Å². The van der Waals surface area contributed by atoms with E-state index in [0.29, 0.717) is 79.1 Å². The Hall–Kier alpha value is -5.68. The Bertz CT molecular complexity index is 2760. The van der Waals surface area contributed by atoms with Gasteiger partial charge in [0, 0.05) is 71.8 Å². The SMILES string of the molecule is COCCC[C@H]1Oc2c3cc(c4cc(O)ccc24)OCC#C[C@H]2CCCN[C@@]24CC[C@@H](O)C[C@H]4O[C@@H]3[C@@H]1[C@H]1COc2c(Cc3cc(O)ccc3-c3cccc(O)c3)cc(OC3CCCC3)cc2[C@H]1O. The van der Waals surface area contributed by atoms with E-state index in [9.17, 15) is 25.5 Å². The summed E-state index contributed by atoms with van der Waals surface area (Å²) in [5, 5.41) is 62.2. The number of phenols is 3. The van der Waals surface area contributed by atoms with Gasteiger partial charge in [0.1, 0.15) is 53.0 Å². The van der Waals surface area contributed by atoms with E-state index in [1.165, 1.54) is 0 Å². The summed E-state index contributed by atoms with van der Waals surface area (Å²) in [4.78, 5) is 0. The van der Waals surface area contributed by atoms with Gasteiger partial charge in [-0.15, -0.1) is 0 Å². The fourth-order valence-electron chi connectivity index (χ4n) is 12.6. The summed E-state index contributed by atoms with van der Waals surface area (Å²) in [7, 11) is 1.69. The second-order valence-electron chi connectivity index (χ2n) is 20.2. The molecule has 12 nitrogen and oxygen atoms in total. The van der Waals surface area contributed by atoms with E-state index in [0.717, 1.165) is 78.3 Å². The highest BCUT2D eigenvalue weighted by Crippen LogP contribution is 2.56. The average molecular weight is 938 g/mol. The number of hydrogen-bond donors (Lipinski definition) is 6. The standard InChI is InChI=1S/C57H63NO11/c1-64-22-7-14-49-52(56-47-31-50(45-28-39(61)16-18-44(45)55(47)68-49)65-23-6-10-36-9-5-21-58-57(36)20-19-40(62)29-51(57)69-56)48-32-66-54-35(27-42(30-46(54)53(48)63)67-41-12-2-3-13-41)24-34-26-38(60)15-17-43(34)33-8-4-11-37(59)25-33/h4,8,11,15-18,25-28,30-31,36,40-41,48-49,51-53,56,58-63H,2-3,5,7,9,12-14,19-24,29,32H2,1H3/t36-,40-,48-,49-,51-,52-,53-,56+,57+/m1/s1. The average Bonchev–Trinajstić information content (AvgIpc) is 3.85. The number of benzene rings is 5. The van der Waals surface area contributed by atoms with Gasteiger partial charge in [0.15, 0.2) is 0 Å². The first-order valence-electron chi connectivity index (χ1n) is 25.1. The second kappa shape index (κ2) is 19.3. The highest BCUT2D eigenvalue weighted by Gasteiger charge is 2.55. The van der Waals surface area contributed by atoms with Crippen LogP contribution >= 0.6 is 0 Å². The number of ether oxygens (including phenoxy) is 6. The van der Waals surface area contributed by atoms with Crippen molar-refractivity contribution < 1.29 is 54.0 Å². The topological polar surface area (TPSA) is 169 Å². The summed E-state index contributed by atoms with van der Waals surface area (Å²) < 4.78 is 40.9. The molecule has 362 valence electrons. The maximum atomic E-state index is 13.2. The van der Waals surface area contributed by atoms with Crippen LogP contribution < -0.4 is 24.3 Å². The predicted octanol–water partition coefficient (Wildman–Crippen LogP) is 9.19. The van der Waals surface area contributed by atoms with Gasteiger partial charge in [-0.25, -0.2) is 0 Å². The molecule has 6 aliphatic rings. The summed E-state index contributed by atoms with van der Waals surface area (Å²) in [5.74, 6) is 8.61.